The van der Waals surface area contributed by atoms with Crippen LogP contribution in [0.2, 0.25) is 0 Å². The molecular formula is C26H40O3. The second-order valence-electron chi connectivity index (χ2n) is 11.0. The van der Waals surface area contributed by atoms with Gasteiger partial charge in [0.05, 0.1) is 6.61 Å². The summed E-state index contributed by atoms with van der Waals surface area (Å²) in [5.41, 5.74) is 2.17. The molecular weight excluding hydrogens is 360 g/mol. The summed E-state index contributed by atoms with van der Waals surface area (Å²) in [6.45, 7) is 9.79. The number of ether oxygens (including phenoxy) is 1. The lowest BCUT2D eigenvalue weighted by molar-refractivity contribution is -0.143. The standard InChI is InChI=1S/C26H40O3/c1-5-29-24(28)11-6-17(2)21-9-10-22-20-8-7-18-16-19(27)12-14-25(18,3)23(20)13-15-26(21,22)4/h16-17,20-23H,5-15H2,1-4H3. The Balaban J connectivity index is 1.48. The molecule has 0 bridgehead atoms. The summed E-state index contributed by atoms with van der Waals surface area (Å²) in [7, 11) is 0. The number of esters is 1. The van der Waals surface area contributed by atoms with Crippen LogP contribution in [0, 0.1) is 40.4 Å². The lowest BCUT2D eigenvalue weighted by atomic mass is 9.46. The summed E-state index contributed by atoms with van der Waals surface area (Å²) >= 11 is 0. The molecule has 0 heterocycles. The van der Waals surface area contributed by atoms with Crippen molar-refractivity contribution in [3.05, 3.63) is 11.6 Å². The first-order chi connectivity index (χ1) is 13.8. The summed E-state index contributed by atoms with van der Waals surface area (Å²) in [6, 6.07) is 0. The quantitative estimate of drug-likeness (QED) is 0.523. The van der Waals surface area contributed by atoms with E-state index in [1.165, 1.54) is 37.7 Å². The highest BCUT2D eigenvalue weighted by atomic mass is 16.5. The van der Waals surface area contributed by atoms with Gasteiger partial charge in [0.1, 0.15) is 0 Å². The highest BCUT2D eigenvalue weighted by Gasteiger charge is 2.59. The largest absolute Gasteiger partial charge is 0.466 e. The SMILES string of the molecule is CCOC(=O)CCC(C)C1CCC2C3CCC4=CC(=O)CCC4(C)C3CCC12C. The number of carbonyl (C=O) groups excluding carboxylic acids is 2. The molecule has 4 aliphatic carbocycles. The summed E-state index contributed by atoms with van der Waals surface area (Å²) in [6.07, 6.45) is 13.1. The molecule has 0 saturated heterocycles. The topological polar surface area (TPSA) is 43.4 Å². The van der Waals surface area contributed by atoms with Gasteiger partial charge < -0.3 is 4.74 Å². The van der Waals surface area contributed by atoms with E-state index >= 15 is 0 Å². The zero-order chi connectivity index (χ0) is 20.8. The fourth-order valence-electron chi connectivity index (χ4n) is 8.31. The number of allylic oxidation sites excluding steroid dienone is 1. The van der Waals surface area contributed by atoms with Crippen molar-refractivity contribution in [3.63, 3.8) is 0 Å². The third-order valence-electron chi connectivity index (χ3n) is 9.83. The number of carbonyl (C=O) groups is 2. The molecule has 7 unspecified atom stereocenters. The maximum atomic E-state index is 12.0. The van der Waals surface area contributed by atoms with Crippen molar-refractivity contribution in [3.8, 4) is 0 Å². The minimum absolute atomic E-state index is 0.0332. The first-order valence-electron chi connectivity index (χ1n) is 12.2. The van der Waals surface area contributed by atoms with Gasteiger partial charge in [0.15, 0.2) is 5.78 Å². The van der Waals surface area contributed by atoms with Crippen molar-refractivity contribution in [2.24, 2.45) is 40.4 Å². The van der Waals surface area contributed by atoms with Crippen LogP contribution in [0.1, 0.15) is 91.9 Å². The third-order valence-corrected chi connectivity index (χ3v) is 9.83. The summed E-state index contributed by atoms with van der Waals surface area (Å²) in [5, 5.41) is 0. The molecule has 3 nitrogen and oxygen atoms in total. The Morgan fingerprint density at radius 3 is 2.69 bits per heavy atom. The monoisotopic (exact) mass is 400 g/mol. The molecule has 29 heavy (non-hydrogen) atoms. The van der Waals surface area contributed by atoms with Gasteiger partial charge in [-0.25, -0.2) is 0 Å². The maximum absolute atomic E-state index is 12.0. The second-order valence-corrected chi connectivity index (χ2v) is 11.0. The number of fused-ring (bicyclic) bond motifs is 5. The zero-order valence-electron chi connectivity index (χ0n) is 19.0. The van der Waals surface area contributed by atoms with Gasteiger partial charge in [0, 0.05) is 12.8 Å². The van der Waals surface area contributed by atoms with E-state index < -0.39 is 0 Å². The van der Waals surface area contributed by atoms with E-state index in [1.807, 2.05) is 13.0 Å². The van der Waals surface area contributed by atoms with Gasteiger partial charge in [0.25, 0.3) is 0 Å². The second kappa shape index (κ2) is 7.85. The lowest BCUT2D eigenvalue weighted by Crippen LogP contribution is -2.51. The van der Waals surface area contributed by atoms with E-state index in [2.05, 4.69) is 20.8 Å². The van der Waals surface area contributed by atoms with Gasteiger partial charge in [-0.1, -0.05) is 26.3 Å². The van der Waals surface area contributed by atoms with Crippen LogP contribution in [-0.4, -0.2) is 18.4 Å². The van der Waals surface area contributed by atoms with Gasteiger partial charge in [0.2, 0.25) is 0 Å². The molecule has 162 valence electrons. The maximum Gasteiger partial charge on any atom is 0.305 e. The molecule has 3 heteroatoms. The van der Waals surface area contributed by atoms with Crippen LogP contribution in [0.25, 0.3) is 0 Å². The summed E-state index contributed by atoms with van der Waals surface area (Å²) in [4.78, 5) is 23.9. The summed E-state index contributed by atoms with van der Waals surface area (Å²) in [5.74, 6) is 4.07. The minimum Gasteiger partial charge on any atom is -0.466 e. The molecule has 4 aliphatic rings. The predicted molar refractivity (Wildman–Crippen MR) is 115 cm³/mol. The Labute approximate surface area is 177 Å². The first-order valence-corrected chi connectivity index (χ1v) is 12.2. The molecule has 3 fully saturated rings. The van der Waals surface area contributed by atoms with Crippen LogP contribution in [0.15, 0.2) is 11.6 Å². The van der Waals surface area contributed by atoms with Gasteiger partial charge >= 0.3 is 5.97 Å². The van der Waals surface area contributed by atoms with Crippen molar-refractivity contribution in [2.75, 3.05) is 6.61 Å². The van der Waals surface area contributed by atoms with Gasteiger partial charge in [-0.15, -0.1) is 0 Å². The fraction of sp³-hybridized carbons (Fsp3) is 0.846. The van der Waals surface area contributed by atoms with Gasteiger partial charge in [-0.2, -0.15) is 0 Å². The molecule has 0 spiro atoms. The molecule has 0 aromatic carbocycles. The van der Waals surface area contributed by atoms with Gasteiger partial charge in [-0.05, 0) is 105 Å². The number of hydrogen-bond donors (Lipinski definition) is 0. The Morgan fingerprint density at radius 2 is 1.93 bits per heavy atom. The average molecular weight is 401 g/mol. The Bertz CT molecular complexity index is 694. The fourth-order valence-corrected chi connectivity index (χ4v) is 8.31. The van der Waals surface area contributed by atoms with E-state index in [4.69, 9.17) is 4.74 Å². The highest BCUT2D eigenvalue weighted by Crippen LogP contribution is 2.67. The average Bonchev–Trinajstić information content (AvgIpc) is 3.04. The number of ketones is 1. The molecule has 0 N–H and O–H groups in total. The van der Waals surface area contributed by atoms with Gasteiger partial charge in [-0.3, -0.25) is 9.59 Å². The van der Waals surface area contributed by atoms with Crippen molar-refractivity contribution in [1.82, 2.24) is 0 Å². The predicted octanol–water partition coefficient (Wildman–Crippen LogP) is 6.11. The normalized spacial score (nSPS) is 42.3. The molecule has 0 aromatic rings. The van der Waals surface area contributed by atoms with E-state index in [0.717, 1.165) is 49.4 Å². The van der Waals surface area contributed by atoms with Crippen LogP contribution in [0.5, 0.6) is 0 Å². The Morgan fingerprint density at radius 1 is 1.14 bits per heavy atom. The number of hydrogen-bond acceptors (Lipinski definition) is 3. The smallest absolute Gasteiger partial charge is 0.305 e. The Kier molecular flexibility index (Phi) is 5.72. The molecule has 7 atom stereocenters. The van der Waals surface area contributed by atoms with Crippen LogP contribution in [0.4, 0.5) is 0 Å². The number of rotatable bonds is 5. The van der Waals surface area contributed by atoms with Crippen molar-refractivity contribution in [2.45, 2.75) is 91.9 Å². The zero-order valence-corrected chi connectivity index (χ0v) is 19.0. The lowest BCUT2D eigenvalue weighted by Gasteiger charge is -2.58. The molecule has 0 amide bonds. The molecule has 3 saturated carbocycles. The van der Waals surface area contributed by atoms with E-state index in [9.17, 15) is 9.59 Å². The van der Waals surface area contributed by atoms with Crippen LogP contribution < -0.4 is 0 Å². The van der Waals surface area contributed by atoms with Crippen LogP contribution >= 0.6 is 0 Å². The van der Waals surface area contributed by atoms with E-state index in [0.29, 0.717) is 30.1 Å². The minimum atomic E-state index is -0.0332. The van der Waals surface area contributed by atoms with Crippen molar-refractivity contribution < 1.29 is 14.3 Å². The third kappa shape index (κ3) is 3.51. The van der Waals surface area contributed by atoms with Crippen LogP contribution in [-0.2, 0) is 14.3 Å². The molecule has 4 rings (SSSR count). The molecule has 0 aliphatic heterocycles. The van der Waals surface area contributed by atoms with Crippen molar-refractivity contribution in [1.29, 1.82) is 0 Å². The summed E-state index contributed by atoms with van der Waals surface area (Å²) < 4.78 is 5.16. The first kappa shape index (κ1) is 21.1. The van der Waals surface area contributed by atoms with E-state index in [1.54, 1.807) is 0 Å². The van der Waals surface area contributed by atoms with Crippen molar-refractivity contribution >= 4 is 11.8 Å². The molecule has 0 radical (unpaired) electrons. The molecule has 0 aromatic heterocycles. The van der Waals surface area contributed by atoms with Crippen LogP contribution in [0.3, 0.4) is 0 Å². The van der Waals surface area contributed by atoms with E-state index in [-0.39, 0.29) is 11.4 Å². The Hall–Kier alpha value is -1.12. The highest BCUT2D eigenvalue weighted by molar-refractivity contribution is 5.91.